The first-order chi connectivity index (χ1) is 13.0. The maximum Gasteiger partial charge on any atom is 0.416 e. The molecule has 8 heteroatoms. The van der Waals surface area contributed by atoms with Crippen LogP contribution in [0.25, 0.3) is 12.2 Å². The van der Waals surface area contributed by atoms with Crippen LogP contribution >= 0.6 is 11.8 Å². The molecule has 3 rings (SSSR count). The Labute approximate surface area is 160 Å². The van der Waals surface area contributed by atoms with Gasteiger partial charge in [-0.3, -0.25) is 4.79 Å². The molecule has 0 bridgehead atoms. The minimum Gasteiger partial charge on any atom is -0.288 e. The van der Waals surface area contributed by atoms with E-state index in [1.807, 2.05) is 0 Å². The summed E-state index contributed by atoms with van der Waals surface area (Å²) in [6.45, 7) is 0. The molecule has 1 saturated heterocycles. The molecule has 1 nitrogen and oxygen atoms in total. The van der Waals surface area contributed by atoms with Gasteiger partial charge in [-0.2, -0.15) is 26.3 Å². The summed E-state index contributed by atoms with van der Waals surface area (Å²) in [7, 11) is 0. The summed E-state index contributed by atoms with van der Waals surface area (Å²) in [5.41, 5.74) is -0.206. The summed E-state index contributed by atoms with van der Waals surface area (Å²) < 4.78 is 75.6. The highest BCUT2D eigenvalue weighted by Crippen LogP contribution is 2.35. The van der Waals surface area contributed by atoms with Crippen LogP contribution in [0.1, 0.15) is 22.3 Å². The Morgan fingerprint density at radius 1 is 0.714 bits per heavy atom. The van der Waals surface area contributed by atoms with Crippen molar-refractivity contribution in [1.82, 2.24) is 0 Å². The summed E-state index contributed by atoms with van der Waals surface area (Å²) in [6.07, 6.45) is -5.84. The molecule has 0 radical (unpaired) electrons. The van der Waals surface area contributed by atoms with Crippen molar-refractivity contribution in [2.45, 2.75) is 12.4 Å². The molecular weight excluding hydrogens is 402 g/mol. The smallest absolute Gasteiger partial charge is 0.288 e. The van der Waals surface area contributed by atoms with Gasteiger partial charge in [0, 0.05) is 11.3 Å². The van der Waals surface area contributed by atoms with Crippen LogP contribution in [0, 0.1) is 0 Å². The van der Waals surface area contributed by atoms with Gasteiger partial charge in [0.1, 0.15) is 0 Å². The Hall–Kier alpha value is -2.48. The summed E-state index contributed by atoms with van der Waals surface area (Å²) >= 11 is 1.23. The van der Waals surface area contributed by atoms with E-state index in [0.29, 0.717) is 27.4 Å². The van der Waals surface area contributed by atoms with Gasteiger partial charge in [0.05, 0.1) is 16.0 Å². The maximum atomic E-state index is 12.6. The van der Waals surface area contributed by atoms with E-state index in [-0.39, 0.29) is 5.78 Å². The van der Waals surface area contributed by atoms with Gasteiger partial charge in [0.15, 0.2) is 5.78 Å². The monoisotopic (exact) mass is 414 g/mol. The van der Waals surface area contributed by atoms with E-state index in [4.69, 9.17) is 0 Å². The number of hydrogen-bond donors (Lipinski definition) is 0. The van der Waals surface area contributed by atoms with Crippen LogP contribution in [0.3, 0.4) is 0 Å². The Kier molecular flexibility index (Phi) is 5.43. The van der Waals surface area contributed by atoms with E-state index in [2.05, 4.69) is 0 Å². The molecule has 1 aliphatic rings. The highest BCUT2D eigenvalue weighted by atomic mass is 32.2. The van der Waals surface area contributed by atoms with E-state index in [9.17, 15) is 31.1 Å². The molecule has 0 spiro atoms. The Morgan fingerprint density at radius 3 is 1.57 bits per heavy atom. The van der Waals surface area contributed by atoms with Crippen molar-refractivity contribution >= 4 is 29.7 Å². The number of allylic oxidation sites excluding steroid dienone is 1. The highest BCUT2D eigenvalue weighted by molar-refractivity contribution is 8.05. The van der Waals surface area contributed by atoms with Crippen molar-refractivity contribution in [3.63, 3.8) is 0 Å². The molecule has 28 heavy (non-hydrogen) atoms. The second kappa shape index (κ2) is 7.50. The van der Waals surface area contributed by atoms with Gasteiger partial charge in [-0.1, -0.05) is 24.3 Å². The van der Waals surface area contributed by atoms with Crippen LogP contribution in [0.4, 0.5) is 26.3 Å². The third-order valence-electron chi connectivity index (χ3n) is 4.01. The quantitative estimate of drug-likeness (QED) is 0.414. The predicted octanol–water partition coefficient (Wildman–Crippen LogP) is 6.46. The Bertz CT molecular complexity index is 857. The number of benzene rings is 2. The lowest BCUT2D eigenvalue weighted by atomic mass is 10.1. The lowest BCUT2D eigenvalue weighted by Gasteiger charge is -2.06. The number of thioether (sulfide) groups is 1. The SMILES string of the molecule is O=C1/C(=C/c2ccc(C(F)(F)F)cc2)CS/C1=C\c1ccc(C(F)(F)F)cc1. The normalized spacial score (nSPS) is 18.3. The Balaban J connectivity index is 1.77. The zero-order valence-corrected chi connectivity index (χ0v) is 14.9. The molecular formula is C20H12F6OS. The molecule has 0 aromatic heterocycles. The van der Waals surface area contributed by atoms with Gasteiger partial charge in [-0.15, -0.1) is 11.8 Å². The summed E-state index contributed by atoms with van der Waals surface area (Å²) in [4.78, 5) is 12.8. The fourth-order valence-electron chi connectivity index (χ4n) is 2.55. The van der Waals surface area contributed by atoms with Crippen molar-refractivity contribution in [2.75, 3.05) is 5.75 Å². The fraction of sp³-hybridized carbons (Fsp3) is 0.150. The van der Waals surface area contributed by atoms with E-state index in [1.165, 1.54) is 48.2 Å². The largest absolute Gasteiger partial charge is 0.416 e. The highest BCUT2D eigenvalue weighted by Gasteiger charge is 2.31. The number of carbonyl (C=O) groups excluding carboxylic acids is 1. The van der Waals surface area contributed by atoms with Crippen LogP contribution in [-0.4, -0.2) is 11.5 Å². The molecule has 2 aromatic carbocycles. The molecule has 1 fully saturated rings. The number of alkyl halides is 6. The molecule has 0 atom stereocenters. The molecule has 1 aliphatic heterocycles. The molecule has 1 heterocycles. The number of rotatable bonds is 2. The van der Waals surface area contributed by atoms with Crippen molar-refractivity contribution in [3.05, 3.63) is 81.3 Å². The topological polar surface area (TPSA) is 17.1 Å². The van der Waals surface area contributed by atoms with Crippen molar-refractivity contribution in [2.24, 2.45) is 0 Å². The Morgan fingerprint density at radius 2 is 1.14 bits per heavy atom. The second-order valence-corrected chi connectivity index (χ2v) is 7.05. The standard InChI is InChI=1S/C20H12F6OS/c21-19(22,23)15-5-1-12(2-6-15)9-14-11-28-17(18(14)27)10-13-3-7-16(8-4-13)20(24,25)26/h1-10H,11H2/b14-9+,17-10-. The van der Waals surface area contributed by atoms with E-state index >= 15 is 0 Å². The van der Waals surface area contributed by atoms with Crippen molar-refractivity contribution in [1.29, 1.82) is 0 Å². The van der Waals surface area contributed by atoms with E-state index in [1.54, 1.807) is 0 Å². The minimum absolute atomic E-state index is 0.287. The molecule has 0 aliphatic carbocycles. The maximum absolute atomic E-state index is 12.6. The molecule has 0 saturated carbocycles. The second-order valence-electron chi connectivity index (χ2n) is 6.04. The average molecular weight is 414 g/mol. The number of halogens is 6. The minimum atomic E-state index is -4.43. The zero-order valence-electron chi connectivity index (χ0n) is 14.1. The third kappa shape index (κ3) is 4.67. The van der Waals surface area contributed by atoms with E-state index in [0.717, 1.165) is 24.3 Å². The number of hydrogen-bond acceptors (Lipinski definition) is 2. The van der Waals surface area contributed by atoms with Crippen LogP contribution in [-0.2, 0) is 17.1 Å². The van der Waals surface area contributed by atoms with Crippen molar-refractivity contribution < 1.29 is 31.1 Å². The number of Topliss-reactive ketones (excluding diaryl/α,β-unsaturated/α-hetero) is 1. The lowest BCUT2D eigenvalue weighted by Crippen LogP contribution is -2.04. The van der Waals surface area contributed by atoms with Crippen LogP contribution in [0.5, 0.6) is 0 Å². The molecule has 2 aromatic rings. The first-order valence-corrected chi connectivity index (χ1v) is 8.97. The number of carbonyl (C=O) groups is 1. The molecule has 0 unspecified atom stereocenters. The first kappa shape index (κ1) is 20.3. The van der Waals surface area contributed by atoms with E-state index < -0.39 is 23.5 Å². The van der Waals surface area contributed by atoms with Crippen LogP contribution < -0.4 is 0 Å². The van der Waals surface area contributed by atoms with Crippen LogP contribution in [0.2, 0.25) is 0 Å². The van der Waals surface area contributed by atoms with Gasteiger partial charge in [-0.05, 0) is 47.5 Å². The van der Waals surface area contributed by atoms with Crippen molar-refractivity contribution in [3.8, 4) is 0 Å². The van der Waals surface area contributed by atoms with Gasteiger partial charge < -0.3 is 0 Å². The zero-order chi connectivity index (χ0) is 20.5. The van der Waals surface area contributed by atoms with Gasteiger partial charge in [-0.25, -0.2) is 0 Å². The summed E-state index contributed by atoms with van der Waals surface area (Å²) in [5.74, 6) is 0.0524. The van der Waals surface area contributed by atoms with Gasteiger partial charge >= 0.3 is 12.4 Å². The van der Waals surface area contributed by atoms with Gasteiger partial charge in [0.2, 0.25) is 0 Å². The average Bonchev–Trinajstić information content (AvgIpc) is 2.94. The predicted molar refractivity (Wildman–Crippen MR) is 96.3 cm³/mol. The summed E-state index contributed by atoms with van der Waals surface area (Å²) in [6, 6.07) is 8.89. The summed E-state index contributed by atoms with van der Waals surface area (Å²) in [5, 5.41) is 0. The van der Waals surface area contributed by atoms with Gasteiger partial charge in [0.25, 0.3) is 0 Å². The first-order valence-electron chi connectivity index (χ1n) is 7.98. The van der Waals surface area contributed by atoms with Crippen LogP contribution in [0.15, 0.2) is 59.0 Å². The molecule has 146 valence electrons. The fourth-order valence-corrected chi connectivity index (χ4v) is 3.56. The third-order valence-corrected chi connectivity index (χ3v) is 5.08. The molecule has 0 N–H and O–H groups in total. The number of ketones is 1. The lowest BCUT2D eigenvalue weighted by molar-refractivity contribution is -0.138. The molecule has 0 amide bonds.